The van der Waals surface area contributed by atoms with E-state index in [2.05, 4.69) is 36.0 Å². The third kappa shape index (κ3) is 4.52. The first-order valence-corrected chi connectivity index (χ1v) is 11.1. The van der Waals surface area contributed by atoms with Crippen LogP contribution >= 0.6 is 11.3 Å². The van der Waals surface area contributed by atoms with Crippen LogP contribution in [-0.4, -0.2) is 48.1 Å². The van der Waals surface area contributed by atoms with Crippen molar-refractivity contribution in [2.24, 2.45) is 0 Å². The first kappa shape index (κ1) is 21.2. The fourth-order valence-electron chi connectivity index (χ4n) is 3.41. The molecule has 0 saturated heterocycles. The van der Waals surface area contributed by atoms with E-state index in [1.807, 2.05) is 44.4 Å². The van der Waals surface area contributed by atoms with Gasteiger partial charge in [0.15, 0.2) is 16.6 Å². The van der Waals surface area contributed by atoms with Crippen LogP contribution in [-0.2, 0) is 0 Å². The van der Waals surface area contributed by atoms with E-state index in [1.165, 1.54) is 16.9 Å². The molecule has 0 aliphatic rings. The molecule has 2 aromatic carbocycles. The molecule has 0 N–H and O–H groups in total. The minimum Gasteiger partial charge on any atom is -0.355 e. The summed E-state index contributed by atoms with van der Waals surface area (Å²) in [7, 11) is 4.06. The number of anilines is 1. The topological polar surface area (TPSA) is 62.5 Å². The molecule has 31 heavy (non-hydrogen) atoms. The summed E-state index contributed by atoms with van der Waals surface area (Å²) in [6, 6.07) is 15.5. The lowest BCUT2D eigenvalue weighted by Crippen LogP contribution is -2.33. The van der Waals surface area contributed by atoms with Gasteiger partial charge in [-0.25, -0.2) is 4.98 Å². The van der Waals surface area contributed by atoms with Crippen molar-refractivity contribution in [3.05, 3.63) is 65.4 Å². The number of carbonyl (C=O) groups is 1. The minimum atomic E-state index is -0.196. The summed E-state index contributed by atoms with van der Waals surface area (Å²) in [6.45, 7) is 5.58. The second-order valence-corrected chi connectivity index (χ2v) is 8.92. The fourth-order valence-corrected chi connectivity index (χ4v) is 4.46. The first-order chi connectivity index (χ1) is 14.9. The van der Waals surface area contributed by atoms with Gasteiger partial charge in [-0.1, -0.05) is 52.9 Å². The molecule has 7 heteroatoms. The summed E-state index contributed by atoms with van der Waals surface area (Å²) >= 11 is 1.54. The number of carbonyl (C=O) groups excluding carboxylic acids is 1. The molecule has 4 aromatic rings. The van der Waals surface area contributed by atoms with E-state index in [-0.39, 0.29) is 11.6 Å². The summed E-state index contributed by atoms with van der Waals surface area (Å²) in [5.41, 5.74) is 4.47. The van der Waals surface area contributed by atoms with Crippen LogP contribution < -0.4 is 4.90 Å². The predicted molar refractivity (Wildman–Crippen MR) is 126 cm³/mol. The van der Waals surface area contributed by atoms with Gasteiger partial charge < -0.3 is 9.42 Å². The van der Waals surface area contributed by atoms with Crippen molar-refractivity contribution >= 4 is 32.6 Å². The van der Waals surface area contributed by atoms with Gasteiger partial charge in [-0.2, -0.15) is 0 Å². The number of nitrogens with zero attached hydrogens (tertiary/aromatic N) is 4. The smallest absolute Gasteiger partial charge is 0.282 e. The third-order valence-electron chi connectivity index (χ3n) is 5.32. The van der Waals surface area contributed by atoms with Crippen LogP contribution in [0.25, 0.3) is 21.5 Å². The lowest BCUT2D eigenvalue weighted by atomic mass is 10.1. The van der Waals surface area contributed by atoms with E-state index in [0.29, 0.717) is 17.4 Å². The van der Waals surface area contributed by atoms with Crippen molar-refractivity contribution in [3.63, 3.8) is 0 Å². The summed E-state index contributed by atoms with van der Waals surface area (Å²) in [5.74, 6) is 0.381. The molecule has 0 aliphatic heterocycles. The van der Waals surface area contributed by atoms with Gasteiger partial charge in [0, 0.05) is 18.2 Å². The number of thiazole rings is 1. The Morgan fingerprint density at radius 3 is 2.58 bits per heavy atom. The number of aryl methyl sites for hydroxylation is 2. The Bertz CT molecular complexity index is 1200. The second-order valence-electron chi connectivity index (χ2n) is 7.91. The van der Waals surface area contributed by atoms with Crippen molar-refractivity contribution in [2.75, 3.05) is 32.1 Å². The van der Waals surface area contributed by atoms with Crippen LogP contribution in [0.4, 0.5) is 5.13 Å². The predicted octanol–water partition coefficient (Wildman–Crippen LogP) is 5.17. The van der Waals surface area contributed by atoms with E-state index < -0.39 is 0 Å². The lowest BCUT2D eigenvalue weighted by molar-refractivity contribution is 0.0977. The Hall–Kier alpha value is -3.03. The maximum Gasteiger partial charge on any atom is 0.282 e. The number of benzene rings is 2. The molecule has 2 aromatic heterocycles. The Labute approximate surface area is 186 Å². The normalized spacial score (nSPS) is 11.4. The van der Waals surface area contributed by atoms with Gasteiger partial charge in [-0.3, -0.25) is 9.69 Å². The zero-order chi connectivity index (χ0) is 22.0. The monoisotopic (exact) mass is 434 g/mol. The molecule has 0 bridgehead atoms. The summed E-state index contributed by atoms with van der Waals surface area (Å²) in [5, 5.41) is 4.76. The van der Waals surface area contributed by atoms with Gasteiger partial charge in [-0.05, 0) is 58.1 Å². The fraction of sp³-hybridized carbons (Fsp3) is 0.292. The lowest BCUT2D eigenvalue weighted by Gasteiger charge is -2.19. The van der Waals surface area contributed by atoms with E-state index in [4.69, 9.17) is 9.51 Å². The maximum absolute atomic E-state index is 13.5. The molecule has 0 saturated carbocycles. The van der Waals surface area contributed by atoms with Crippen molar-refractivity contribution < 1.29 is 9.32 Å². The molecule has 0 unspecified atom stereocenters. The van der Waals surface area contributed by atoms with Crippen molar-refractivity contribution in [2.45, 2.75) is 20.3 Å². The molecular weight excluding hydrogens is 408 g/mol. The number of amides is 1. The van der Waals surface area contributed by atoms with E-state index in [1.54, 1.807) is 11.0 Å². The summed E-state index contributed by atoms with van der Waals surface area (Å²) in [4.78, 5) is 22.1. The molecule has 0 fully saturated rings. The molecule has 0 spiro atoms. The molecular formula is C24H26N4O2S. The van der Waals surface area contributed by atoms with Crippen LogP contribution in [0.1, 0.15) is 28.0 Å². The molecule has 0 atom stereocenters. The minimum absolute atomic E-state index is 0.196. The molecule has 6 nitrogen and oxygen atoms in total. The molecule has 160 valence electrons. The van der Waals surface area contributed by atoms with Crippen LogP contribution in [0.2, 0.25) is 0 Å². The van der Waals surface area contributed by atoms with Crippen LogP contribution in [0, 0.1) is 13.8 Å². The second kappa shape index (κ2) is 8.99. The highest BCUT2D eigenvalue weighted by molar-refractivity contribution is 7.22. The number of hydrogen-bond donors (Lipinski definition) is 0. The van der Waals surface area contributed by atoms with E-state index in [0.717, 1.165) is 34.3 Å². The summed E-state index contributed by atoms with van der Waals surface area (Å²) < 4.78 is 6.55. The highest BCUT2D eigenvalue weighted by Crippen LogP contribution is 2.33. The zero-order valence-electron chi connectivity index (χ0n) is 18.3. The van der Waals surface area contributed by atoms with Crippen LogP contribution in [0.5, 0.6) is 0 Å². The van der Waals surface area contributed by atoms with Crippen LogP contribution in [0.15, 0.2) is 53.1 Å². The zero-order valence-corrected chi connectivity index (χ0v) is 19.1. The van der Waals surface area contributed by atoms with Gasteiger partial charge in [0.2, 0.25) is 0 Å². The van der Waals surface area contributed by atoms with Gasteiger partial charge in [0.1, 0.15) is 0 Å². The highest BCUT2D eigenvalue weighted by Gasteiger charge is 2.25. The largest absolute Gasteiger partial charge is 0.355 e. The standard InChI is InChI=1S/C24H26N4O2S/c1-16-11-12-21-22(17(16)2)25-24(31-21)28(14-8-13-27(3)4)23(29)19-15-20(30-26-19)18-9-6-5-7-10-18/h5-7,9-12,15H,8,13-14H2,1-4H3. The number of aromatic nitrogens is 2. The number of rotatable bonds is 7. The highest BCUT2D eigenvalue weighted by atomic mass is 32.1. The first-order valence-electron chi connectivity index (χ1n) is 10.3. The van der Waals surface area contributed by atoms with E-state index >= 15 is 0 Å². The van der Waals surface area contributed by atoms with Gasteiger partial charge in [0.05, 0.1) is 10.2 Å². The average Bonchev–Trinajstić information content (AvgIpc) is 3.42. The molecule has 0 radical (unpaired) electrons. The van der Waals surface area contributed by atoms with Gasteiger partial charge >= 0.3 is 0 Å². The molecule has 0 aliphatic carbocycles. The average molecular weight is 435 g/mol. The Kier molecular flexibility index (Phi) is 6.15. The van der Waals surface area contributed by atoms with Gasteiger partial charge in [-0.15, -0.1) is 0 Å². The maximum atomic E-state index is 13.5. The van der Waals surface area contributed by atoms with Gasteiger partial charge in [0.25, 0.3) is 5.91 Å². The number of fused-ring (bicyclic) bond motifs is 1. The Balaban J connectivity index is 1.67. The quantitative estimate of drug-likeness (QED) is 0.402. The molecule has 2 heterocycles. The summed E-state index contributed by atoms with van der Waals surface area (Å²) in [6.07, 6.45) is 0.829. The van der Waals surface area contributed by atoms with E-state index in [9.17, 15) is 4.79 Å². The number of hydrogen-bond acceptors (Lipinski definition) is 6. The van der Waals surface area contributed by atoms with Crippen molar-refractivity contribution in [1.82, 2.24) is 15.0 Å². The molecule has 1 amide bonds. The van der Waals surface area contributed by atoms with Crippen LogP contribution in [0.3, 0.4) is 0 Å². The Morgan fingerprint density at radius 1 is 1.06 bits per heavy atom. The SMILES string of the molecule is Cc1ccc2sc(N(CCCN(C)C)C(=O)c3cc(-c4ccccc4)on3)nc2c1C. The third-order valence-corrected chi connectivity index (χ3v) is 6.37. The Morgan fingerprint density at radius 2 is 1.84 bits per heavy atom. The van der Waals surface area contributed by atoms with Crippen molar-refractivity contribution in [1.29, 1.82) is 0 Å². The molecule has 4 rings (SSSR count). The van der Waals surface area contributed by atoms with Crippen molar-refractivity contribution in [3.8, 4) is 11.3 Å².